The second-order valence-electron chi connectivity index (χ2n) is 8.03. The third kappa shape index (κ3) is 6.14. The molecule has 7 nitrogen and oxygen atoms in total. The Bertz CT molecular complexity index is 1450. The van der Waals surface area contributed by atoms with Gasteiger partial charge in [0.05, 0.1) is 44.6 Å². The second-order valence-corrected chi connectivity index (χ2v) is 11.5. The van der Waals surface area contributed by atoms with Crippen molar-refractivity contribution in [1.82, 2.24) is 4.72 Å². The summed E-state index contributed by atoms with van der Waals surface area (Å²) in [6.45, 7) is 1.31. The molecule has 1 aliphatic rings. The van der Waals surface area contributed by atoms with E-state index in [4.69, 9.17) is 46.4 Å². The second kappa shape index (κ2) is 11.0. The van der Waals surface area contributed by atoms with E-state index in [1.54, 1.807) is 35.3 Å². The summed E-state index contributed by atoms with van der Waals surface area (Å²) >= 11 is 24.7. The molecular weight excluding hydrogens is 566 g/mol. The molecule has 0 fully saturated rings. The van der Waals surface area contributed by atoms with Gasteiger partial charge in [0.15, 0.2) is 0 Å². The molecule has 188 valence electrons. The molecule has 0 saturated carbocycles. The number of sulfonamides is 1. The SMILES string of the molecule is CC(=O)Nc1ccc(S(=O)(=O)NCC2=NN(c3ccc(Cl)cc3Cl)C(c3ccc(Cl)cc3)C2)cc1Cl. The van der Waals surface area contributed by atoms with E-state index in [2.05, 4.69) is 15.1 Å². The molecular formula is C24H20Cl4N4O3S. The fourth-order valence-corrected chi connectivity index (χ4v) is 5.69. The molecule has 1 atom stereocenters. The summed E-state index contributed by atoms with van der Waals surface area (Å²) < 4.78 is 28.4. The maximum atomic E-state index is 12.9. The van der Waals surface area contributed by atoms with Gasteiger partial charge in [-0.3, -0.25) is 9.80 Å². The van der Waals surface area contributed by atoms with Crippen LogP contribution in [0.4, 0.5) is 11.4 Å². The summed E-state index contributed by atoms with van der Waals surface area (Å²) in [5.41, 5.74) is 2.50. The zero-order chi connectivity index (χ0) is 26.0. The van der Waals surface area contributed by atoms with E-state index in [1.165, 1.54) is 25.1 Å². The Hall–Kier alpha value is -2.33. The molecule has 1 aliphatic heterocycles. The molecule has 0 aromatic heterocycles. The van der Waals surface area contributed by atoms with Crippen molar-refractivity contribution in [2.75, 3.05) is 16.9 Å². The van der Waals surface area contributed by atoms with E-state index in [9.17, 15) is 13.2 Å². The van der Waals surface area contributed by atoms with Gasteiger partial charge in [0.1, 0.15) is 0 Å². The number of halogens is 4. The van der Waals surface area contributed by atoms with E-state index in [0.717, 1.165) is 5.56 Å². The molecule has 0 saturated heterocycles. The number of hydrogen-bond donors (Lipinski definition) is 2. The van der Waals surface area contributed by atoms with Crippen LogP contribution >= 0.6 is 46.4 Å². The van der Waals surface area contributed by atoms with Gasteiger partial charge in [0, 0.05) is 23.4 Å². The third-order valence-corrected chi connectivity index (χ3v) is 7.91. The van der Waals surface area contributed by atoms with Crippen LogP contribution in [0.15, 0.2) is 70.7 Å². The van der Waals surface area contributed by atoms with E-state index in [-0.39, 0.29) is 28.4 Å². The number of anilines is 2. The van der Waals surface area contributed by atoms with Crippen molar-refractivity contribution in [3.8, 4) is 0 Å². The number of carbonyl (C=O) groups is 1. The number of nitrogens with one attached hydrogen (secondary N) is 2. The molecule has 3 aromatic rings. The molecule has 1 amide bonds. The molecule has 1 unspecified atom stereocenters. The zero-order valence-corrected chi connectivity index (χ0v) is 22.6. The lowest BCUT2D eigenvalue weighted by Crippen LogP contribution is -2.29. The minimum absolute atomic E-state index is 0.0286. The molecule has 1 heterocycles. The fraction of sp³-hybridized carbons (Fsp3) is 0.167. The molecule has 0 bridgehead atoms. The summed E-state index contributed by atoms with van der Waals surface area (Å²) in [6.07, 6.45) is 0.450. The normalized spacial score (nSPS) is 15.6. The van der Waals surface area contributed by atoms with Crippen LogP contribution in [-0.2, 0) is 14.8 Å². The van der Waals surface area contributed by atoms with Crippen molar-refractivity contribution in [3.63, 3.8) is 0 Å². The van der Waals surface area contributed by atoms with Gasteiger partial charge in [0.2, 0.25) is 15.9 Å². The summed E-state index contributed by atoms with van der Waals surface area (Å²) in [6, 6.07) is 16.3. The van der Waals surface area contributed by atoms with Crippen molar-refractivity contribution >= 4 is 79.4 Å². The van der Waals surface area contributed by atoms with Crippen LogP contribution in [0.1, 0.15) is 24.9 Å². The van der Waals surface area contributed by atoms with Crippen molar-refractivity contribution in [1.29, 1.82) is 0 Å². The minimum atomic E-state index is -3.91. The van der Waals surface area contributed by atoms with Gasteiger partial charge in [-0.25, -0.2) is 13.1 Å². The Kier molecular flexibility index (Phi) is 8.14. The minimum Gasteiger partial charge on any atom is -0.325 e. The quantitative estimate of drug-likeness (QED) is 0.329. The van der Waals surface area contributed by atoms with Crippen LogP contribution in [0, 0.1) is 0 Å². The molecule has 0 spiro atoms. The van der Waals surface area contributed by atoms with Gasteiger partial charge in [-0.15, -0.1) is 0 Å². The maximum absolute atomic E-state index is 12.9. The van der Waals surface area contributed by atoms with E-state index in [0.29, 0.717) is 38.6 Å². The Morgan fingerprint density at radius 2 is 1.67 bits per heavy atom. The lowest BCUT2D eigenvalue weighted by atomic mass is 10.0. The van der Waals surface area contributed by atoms with E-state index >= 15 is 0 Å². The van der Waals surface area contributed by atoms with Crippen LogP contribution in [0.25, 0.3) is 0 Å². The molecule has 12 heteroatoms. The predicted octanol–water partition coefficient (Wildman–Crippen LogP) is 6.54. The largest absolute Gasteiger partial charge is 0.325 e. The number of carbonyl (C=O) groups excluding carboxylic acids is 1. The summed E-state index contributed by atoms with van der Waals surface area (Å²) in [5.74, 6) is -0.314. The smallest absolute Gasteiger partial charge is 0.240 e. The maximum Gasteiger partial charge on any atom is 0.240 e. The lowest BCUT2D eigenvalue weighted by Gasteiger charge is -2.25. The predicted molar refractivity (Wildman–Crippen MR) is 146 cm³/mol. The van der Waals surface area contributed by atoms with Gasteiger partial charge in [0.25, 0.3) is 0 Å². The first kappa shape index (κ1) is 26.7. The van der Waals surface area contributed by atoms with Crippen LogP contribution in [-0.4, -0.2) is 26.6 Å². The molecule has 0 aliphatic carbocycles. The van der Waals surface area contributed by atoms with Crippen molar-refractivity contribution in [2.24, 2.45) is 5.10 Å². The number of rotatable bonds is 7. The van der Waals surface area contributed by atoms with E-state index < -0.39 is 10.0 Å². The highest BCUT2D eigenvalue weighted by atomic mass is 35.5. The number of nitrogens with zero attached hydrogens (tertiary/aromatic N) is 2. The first-order valence-electron chi connectivity index (χ1n) is 10.7. The van der Waals surface area contributed by atoms with E-state index in [1.807, 2.05) is 12.1 Å². The average Bonchev–Trinajstić information content (AvgIpc) is 3.23. The first-order chi connectivity index (χ1) is 17.0. The number of hydrazone groups is 1. The van der Waals surface area contributed by atoms with Gasteiger partial charge < -0.3 is 5.32 Å². The van der Waals surface area contributed by atoms with Crippen molar-refractivity contribution in [2.45, 2.75) is 24.3 Å². The van der Waals surface area contributed by atoms with Crippen LogP contribution < -0.4 is 15.0 Å². The number of hydrogen-bond acceptors (Lipinski definition) is 5. The highest BCUT2D eigenvalue weighted by Gasteiger charge is 2.31. The summed E-state index contributed by atoms with van der Waals surface area (Å²) in [5, 5.41) is 10.6. The lowest BCUT2D eigenvalue weighted by molar-refractivity contribution is -0.114. The van der Waals surface area contributed by atoms with Gasteiger partial charge in [-0.05, 0) is 54.1 Å². The summed E-state index contributed by atoms with van der Waals surface area (Å²) in [4.78, 5) is 11.2. The molecule has 3 aromatic carbocycles. The highest BCUT2D eigenvalue weighted by molar-refractivity contribution is 7.89. The average molecular weight is 586 g/mol. The fourth-order valence-electron chi connectivity index (χ4n) is 3.73. The molecule has 0 radical (unpaired) electrons. The standard InChI is InChI=1S/C24H20Cl4N4O3S/c1-14(33)30-22-8-7-19(12-20(22)27)36(34,35)29-13-18-11-24(15-2-4-16(25)5-3-15)32(31-18)23-9-6-17(26)10-21(23)28/h2-10,12,24,29H,11,13H2,1H3,(H,30,33). The van der Waals surface area contributed by atoms with Gasteiger partial charge >= 0.3 is 0 Å². The van der Waals surface area contributed by atoms with Gasteiger partial charge in [-0.2, -0.15) is 5.10 Å². The number of benzene rings is 3. The Labute approximate surface area is 229 Å². The van der Waals surface area contributed by atoms with Crippen molar-refractivity contribution < 1.29 is 13.2 Å². The van der Waals surface area contributed by atoms with Crippen LogP contribution in [0.3, 0.4) is 0 Å². The van der Waals surface area contributed by atoms with Gasteiger partial charge in [-0.1, -0.05) is 58.5 Å². The Morgan fingerprint density at radius 3 is 2.31 bits per heavy atom. The zero-order valence-electron chi connectivity index (χ0n) is 18.8. The van der Waals surface area contributed by atoms with Crippen molar-refractivity contribution in [3.05, 3.63) is 86.3 Å². The Balaban J connectivity index is 1.57. The highest BCUT2D eigenvalue weighted by Crippen LogP contribution is 2.39. The first-order valence-corrected chi connectivity index (χ1v) is 13.7. The monoisotopic (exact) mass is 584 g/mol. The third-order valence-electron chi connectivity index (χ3n) is 5.41. The Morgan fingerprint density at radius 1 is 0.972 bits per heavy atom. The van der Waals surface area contributed by atoms with Crippen LogP contribution in [0.2, 0.25) is 20.1 Å². The molecule has 2 N–H and O–H groups in total. The molecule has 36 heavy (non-hydrogen) atoms. The number of amides is 1. The van der Waals surface area contributed by atoms with Crippen LogP contribution in [0.5, 0.6) is 0 Å². The molecule has 4 rings (SSSR count). The summed E-state index contributed by atoms with van der Waals surface area (Å²) in [7, 11) is -3.91. The topological polar surface area (TPSA) is 90.9 Å².